The van der Waals surface area contributed by atoms with E-state index in [0.717, 1.165) is 4.90 Å². The lowest BCUT2D eigenvalue weighted by molar-refractivity contribution is -0.142. The van der Waals surface area contributed by atoms with Crippen molar-refractivity contribution in [3.8, 4) is 5.75 Å². The number of carbonyl (C=O) groups is 4. The molecule has 2 heterocycles. The second kappa shape index (κ2) is 11.8. The number of halogens is 5. The topological polar surface area (TPSA) is 99.3 Å². The van der Waals surface area contributed by atoms with Gasteiger partial charge in [0.15, 0.2) is 0 Å². The van der Waals surface area contributed by atoms with Gasteiger partial charge in [-0.15, -0.1) is 0 Å². The van der Waals surface area contributed by atoms with Crippen molar-refractivity contribution in [2.45, 2.75) is 51.0 Å². The Balaban J connectivity index is 1.52. The number of imide groups is 1. The molecule has 0 bridgehead atoms. The number of urea groups is 1. The number of methoxy groups -OCH3 is 1. The van der Waals surface area contributed by atoms with Crippen LogP contribution < -0.4 is 10.1 Å². The van der Waals surface area contributed by atoms with Crippen molar-refractivity contribution >= 4 is 23.8 Å². The minimum atomic E-state index is -4.81. The highest BCUT2D eigenvalue weighted by molar-refractivity contribution is 6.07. The molecule has 14 heteroatoms. The molecule has 2 fully saturated rings. The van der Waals surface area contributed by atoms with Crippen LogP contribution in [-0.2, 0) is 22.3 Å². The molecule has 0 saturated carbocycles. The van der Waals surface area contributed by atoms with Gasteiger partial charge in [-0.05, 0) is 55.2 Å². The summed E-state index contributed by atoms with van der Waals surface area (Å²) in [4.78, 5) is 56.4. The fourth-order valence-corrected chi connectivity index (χ4v) is 5.45. The molecule has 1 spiro atoms. The first-order chi connectivity index (χ1) is 20.1. The lowest BCUT2D eigenvalue weighted by Gasteiger charge is -2.43. The summed E-state index contributed by atoms with van der Waals surface area (Å²) in [7, 11) is 2.73. The normalized spacial score (nSPS) is 17.6. The zero-order valence-corrected chi connectivity index (χ0v) is 23.9. The smallest absolute Gasteiger partial charge is 0.416 e. The van der Waals surface area contributed by atoms with Gasteiger partial charge in [0.05, 0.1) is 24.8 Å². The third-order valence-corrected chi connectivity index (χ3v) is 7.98. The Kier molecular flexibility index (Phi) is 8.70. The molecular formula is C29H31F5N4O5. The highest BCUT2D eigenvalue weighted by atomic mass is 19.4. The molecule has 0 aliphatic carbocycles. The molecular weight excluding hydrogens is 579 g/mol. The van der Waals surface area contributed by atoms with Crippen LogP contribution in [0, 0.1) is 17.6 Å². The number of nitrogens with one attached hydrogen (secondary N) is 1. The van der Waals surface area contributed by atoms with Gasteiger partial charge in [-0.2, -0.15) is 13.2 Å². The number of likely N-dealkylation sites (tertiary alicyclic amines) is 1. The first-order valence-corrected chi connectivity index (χ1v) is 13.5. The van der Waals surface area contributed by atoms with Crippen LogP contribution in [0.2, 0.25) is 0 Å². The van der Waals surface area contributed by atoms with E-state index in [2.05, 4.69) is 5.32 Å². The first kappa shape index (κ1) is 31.7. The van der Waals surface area contributed by atoms with E-state index in [1.54, 1.807) is 13.8 Å². The van der Waals surface area contributed by atoms with Crippen molar-refractivity contribution in [1.82, 2.24) is 20.0 Å². The number of carbonyl (C=O) groups excluding carboxylic acids is 4. The van der Waals surface area contributed by atoms with Gasteiger partial charge in [0, 0.05) is 25.7 Å². The summed E-state index contributed by atoms with van der Waals surface area (Å²) < 4.78 is 73.5. The zero-order chi connectivity index (χ0) is 31.9. The number of ether oxygens (including phenoxy) is 1. The molecule has 1 unspecified atom stereocenters. The van der Waals surface area contributed by atoms with Crippen molar-refractivity contribution in [3.05, 3.63) is 64.7 Å². The molecule has 1 N–H and O–H groups in total. The van der Waals surface area contributed by atoms with E-state index in [9.17, 15) is 41.1 Å². The van der Waals surface area contributed by atoms with Crippen molar-refractivity contribution in [2.75, 3.05) is 27.2 Å². The highest BCUT2D eigenvalue weighted by Gasteiger charge is 2.57. The van der Waals surface area contributed by atoms with Gasteiger partial charge in [0.1, 0.15) is 29.0 Å². The molecule has 2 aromatic rings. The van der Waals surface area contributed by atoms with E-state index in [1.807, 2.05) is 0 Å². The monoisotopic (exact) mass is 610 g/mol. The summed E-state index contributed by atoms with van der Waals surface area (Å²) in [5.41, 5.74) is -3.29. The van der Waals surface area contributed by atoms with Gasteiger partial charge in [-0.25, -0.2) is 13.6 Å². The minimum Gasteiger partial charge on any atom is -0.497 e. The van der Waals surface area contributed by atoms with E-state index < -0.39 is 70.2 Å². The summed E-state index contributed by atoms with van der Waals surface area (Å²) in [6, 6.07) is 3.64. The van der Waals surface area contributed by atoms with Crippen LogP contribution in [0.1, 0.15) is 48.2 Å². The van der Waals surface area contributed by atoms with Crippen LogP contribution in [0.25, 0.3) is 0 Å². The number of benzene rings is 2. The molecule has 2 aromatic carbocycles. The van der Waals surface area contributed by atoms with Gasteiger partial charge < -0.3 is 19.9 Å². The SMILES string of the molecule is COc1ccc(F)c(CN2C(=O)N(C)C(=O)C23CCN(C(=O)C(NC(=O)c2cc(C(F)(F)F)ccc2F)C(C)C)CC3)c1. The van der Waals surface area contributed by atoms with Crippen LogP contribution in [0.5, 0.6) is 5.75 Å². The van der Waals surface area contributed by atoms with Gasteiger partial charge in [-0.1, -0.05) is 13.8 Å². The van der Waals surface area contributed by atoms with E-state index in [-0.39, 0.29) is 38.0 Å². The summed E-state index contributed by atoms with van der Waals surface area (Å²) in [6.07, 6.45) is -4.78. The number of rotatable bonds is 7. The fourth-order valence-electron chi connectivity index (χ4n) is 5.45. The van der Waals surface area contributed by atoms with Crippen LogP contribution in [-0.4, -0.2) is 77.3 Å². The van der Waals surface area contributed by atoms with E-state index in [1.165, 1.54) is 42.2 Å². The lowest BCUT2D eigenvalue weighted by atomic mass is 9.85. The fraction of sp³-hybridized carbons (Fsp3) is 0.448. The Morgan fingerprint density at radius 3 is 2.23 bits per heavy atom. The quantitative estimate of drug-likeness (QED) is 0.375. The Bertz CT molecular complexity index is 1440. The summed E-state index contributed by atoms with van der Waals surface area (Å²) in [5.74, 6) is -4.21. The number of nitrogens with zero attached hydrogens (tertiary/aromatic N) is 3. The Labute approximate surface area is 244 Å². The maximum atomic E-state index is 14.6. The van der Waals surface area contributed by atoms with Crippen LogP contribution in [0.4, 0.5) is 26.7 Å². The Morgan fingerprint density at radius 1 is 1.02 bits per heavy atom. The van der Waals surface area contributed by atoms with E-state index >= 15 is 0 Å². The van der Waals surface area contributed by atoms with E-state index in [0.29, 0.717) is 23.9 Å². The zero-order valence-electron chi connectivity index (χ0n) is 23.9. The average molecular weight is 611 g/mol. The van der Waals surface area contributed by atoms with Crippen LogP contribution >= 0.6 is 0 Å². The van der Waals surface area contributed by atoms with Crippen molar-refractivity contribution in [2.24, 2.45) is 5.92 Å². The molecule has 5 amide bonds. The molecule has 9 nitrogen and oxygen atoms in total. The van der Waals surface area contributed by atoms with Gasteiger partial charge in [0.25, 0.3) is 11.8 Å². The minimum absolute atomic E-state index is 0.0141. The Morgan fingerprint density at radius 2 is 1.65 bits per heavy atom. The number of hydrogen-bond donors (Lipinski definition) is 1. The largest absolute Gasteiger partial charge is 0.497 e. The van der Waals surface area contributed by atoms with Crippen molar-refractivity contribution in [1.29, 1.82) is 0 Å². The van der Waals surface area contributed by atoms with E-state index in [4.69, 9.17) is 4.74 Å². The predicted molar refractivity (Wildman–Crippen MR) is 143 cm³/mol. The van der Waals surface area contributed by atoms with Crippen LogP contribution in [0.3, 0.4) is 0 Å². The molecule has 0 aromatic heterocycles. The second-order valence-electron chi connectivity index (χ2n) is 10.9. The number of piperidine rings is 1. The lowest BCUT2D eigenvalue weighted by Crippen LogP contribution is -2.60. The average Bonchev–Trinajstić information content (AvgIpc) is 3.12. The first-order valence-electron chi connectivity index (χ1n) is 13.5. The molecule has 1 atom stereocenters. The van der Waals surface area contributed by atoms with Crippen molar-refractivity contribution in [3.63, 3.8) is 0 Å². The number of likely N-dealkylation sites (N-methyl/N-ethyl adjacent to an activating group) is 1. The van der Waals surface area contributed by atoms with Gasteiger partial charge >= 0.3 is 12.2 Å². The highest BCUT2D eigenvalue weighted by Crippen LogP contribution is 2.39. The Hall–Kier alpha value is -4.23. The summed E-state index contributed by atoms with van der Waals surface area (Å²) in [5, 5.41) is 2.36. The molecule has 2 aliphatic rings. The third-order valence-electron chi connectivity index (χ3n) is 7.98. The van der Waals surface area contributed by atoms with Gasteiger partial charge in [0.2, 0.25) is 5.91 Å². The second-order valence-corrected chi connectivity index (χ2v) is 10.9. The van der Waals surface area contributed by atoms with Crippen LogP contribution in [0.15, 0.2) is 36.4 Å². The standard InChI is InChI=1S/C29H31F5N4O5/c1-16(2)23(35-24(39)20-14-18(29(32,33)34)5-7-22(20)31)25(40)37-11-9-28(10-12-37)26(41)36(3)27(42)38(28)15-17-13-19(43-4)6-8-21(17)30/h5-8,13-14,16,23H,9-12,15H2,1-4H3,(H,35,39). The molecule has 43 heavy (non-hydrogen) atoms. The van der Waals surface area contributed by atoms with Crippen molar-refractivity contribution < 1.29 is 45.9 Å². The molecule has 232 valence electrons. The number of amides is 5. The maximum Gasteiger partial charge on any atom is 0.416 e. The number of hydrogen-bond acceptors (Lipinski definition) is 5. The molecule has 0 radical (unpaired) electrons. The predicted octanol–water partition coefficient (Wildman–Crippen LogP) is 4.20. The molecule has 2 aliphatic heterocycles. The summed E-state index contributed by atoms with van der Waals surface area (Å²) in [6.45, 7) is 2.96. The molecule has 4 rings (SSSR count). The molecule has 2 saturated heterocycles. The maximum absolute atomic E-state index is 14.6. The third kappa shape index (κ3) is 6.00. The summed E-state index contributed by atoms with van der Waals surface area (Å²) >= 11 is 0. The van der Waals surface area contributed by atoms with Gasteiger partial charge in [-0.3, -0.25) is 19.3 Å². The number of alkyl halides is 3.